The number of rotatable bonds is 5. The van der Waals surface area contributed by atoms with Gasteiger partial charge in [0.05, 0.1) is 39.4 Å². The van der Waals surface area contributed by atoms with Gasteiger partial charge >= 0.3 is 0 Å². The number of pyridine rings is 4. The van der Waals surface area contributed by atoms with Crippen molar-refractivity contribution in [2.24, 2.45) is 0 Å². The number of carbonyl (C=O) groups excluding carboxylic acids is 1. The Hall–Kier alpha value is -5.75. The molecular weight excluding hydrogens is 506 g/mol. The summed E-state index contributed by atoms with van der Waals surface area (Å²) in [6, 6.07) is 38.9. The number of amides is 1. The van der Waals surface area contributed by atoms with Crippen LogP contribution < -0.4 is 5.32 Å². The monoisotopic (exact) mass is 529 g/mol. The summed E-state index contributed by atoms with van der Waals surface area (Å²) in [6.45, 7) is 0. The van der Waals surface area contributed by atoms with Crippen molar-refractivity contribution in [1.82, 2.24) is 19.9 Å². The van der Waals surface area contributed by atoms with Crippen LogP contribution in [0.3, 0.4) is 0 Å². The SMILES string of the molecule is O=C(Nc1ccc(-c2cc(-c3ccccn3)nc(-c3ccccn3)c2)cc1)c1c2ccccc2nc2ccccc12. The van der Waals surface area contributed by atoms with Gasteiger partial charge in [0.2, 0.25) is 0 Å². The molecule has 0 spiro atoms. The topological polar surface area (TPSA) is 80.7 Å². The standard InChI is InChI=1S/C35H23N5O/c41-35(34-26-9-1-3-11-28(26)39-29-12-4-2-10-27(29)34)38-25-17-15-23(16-18-25)24-21-32(30-13-5-7-19-36-30)40-33(22-24)31-14-6-8-20-37-31/h1-22H,(H,38,41). The lowest BCUT2D eigenvalue weighted by Gasteiger charge is -2.12. The summed E-state index contributed by atoms with van der Waals surface area (Å²) in [4.78, 5) is 32.2. The predicted molar refractivity (Wildman–Crippen MR) is 163 cm³/mol. The summed E-state index contributed by atoms with van der Waals surface area (Å²) in [5.41, 5.74) is 7.95. The van der Waals surface area contributed by atoms with Gasteiger partial charge in [0.1, 0.15) is 0 Å². The largest absolute Gasteiger partial charge is 0.322 e. The molecular formula is C35H23N5O. The molecule has 7 aromatic rings. The van der Waals surface area contributed by atoms with Crippen molar-refractivity contribution >= 4 is 33.4 Å². The molecule has 4 heterocycles. The van der Waals surface area contributed by atoms with Gasteiger partial charge in [0.25, 0.3) is 5.91 Å². The maximum Gasteiger partial charge on any atom is 0.257 e. The highest BCUT2D eigenvalue weighted by Gasteiger charge is 2.16. The lowest BCUT2D eigenvalue weighted by atomic mass is 10.0. The molecule has 194 valence electrons. The van der Waals surface area contributed by atoms with E-state index in [4.69, 9.17) is 9.97 Å². The van der Waals surface area contributed by atoms with Crippen molar-refractivity contribution in [2.45, 2.75) is 0 Å². The van der Waals surface area contributed by atoms with E-state index in [-0.39, 0.29) is 5.91 Å². The van der Waals surface area contributed by atoms with E-state index in [0.29, 0.717) is 11.3 Å². The van der Waals surface area contributed by atoms with Crippen LogP contribution in [0.2, 0.25) is 0 Å². The van der Waals surface area contributed by atoms with Gasteiger partial charge in [-0.1, -0.05) is 60.7 Å². The Kier molecular flexibility index (Phi) is 6.18. The van der Waals surface area contributed by atoms with E-state index in [0.717, 1.165) is 55.7 Å². The number of fused-ring (bicyclic) bond motifs is 2. The minimum atomic E-state index is -0.175. The van der Waals surface area contributed by atoms with E-state index in [1.165, 1.54) is 0 Å². The number of para-hydroxylation sites is 2. The fourth-order valence-corrected chi connectivity index (χ4v) is 5.01. The summed E-state index contributed by atoms with van der Waals surface area (Å²) < 4.78 is 0. The first-order valence-corrected chi connectivity index (χ1v) is 13.3. The Bertz CT molecular complexity index is 1910. The van der Waals surface area contributed by atoms with Crippen molar-refractivity contribution in [2.75, 3.05) is 5.32 Å². The van der Waals surface area contributed by atoms with Gasteiger partial charge in [-0.3, -0.25) is 14.8 Å². The molecule has 0 fully saturated rings. The summed E-state index contributed by atoms with van der Waals surface area (Å²) in [6.07, 6.45) is 3.52. The highest BCUT2D eigenvalue weighted by Crippen LogP contribution is 2.31. The van der Waals surface area contributed by atoms with Crippen molar-refractivity contribution in [3.8, 4) is 33.9 Å². The fourth-order valence-electron chi connectivity index (χ4n) is 5.01. The van der Waals surface area contributed by atoms with Crippen molar-refractivity contribution in [1.29, 1.82) is 0 Å². The van der Waals surface area contributed by atoms with Crippen molar-refractivity contribution in [3.05, 3.63) is 139 Å². The summed E-state index contributed by atoms with van der Waals surface area (Å²) in [7, 11) is 0. The van der Waals surface area contributed by atoms with E-state index < -0.39 is 0 Å². The van der Waals surface area contributed by atoms with Crippen molar-refractivity contribution < 1.29 is 4.79 Å². The van der Waals surface area contributed by atoms with Crippen LogP contribution in [0.15, 0.2) is 134 Å². The van der Waals surface area contributed by atoms with Crippen LogP contribution in [0.4, 0.5) is 5.69 Å². The molecule has 0 saturated heterocycles. The average molecular weight is 530 g/mol. The van der Waals surface area contributed by atoms with Crippen LogP contribution in [-0.2, 0) is 0 Å². The number of hydrogen-bond donors (Lipinski definition) is 1. The van der Waals surface area contributed by atoms with Crippen LogP contribution in [0.25, 0.3) is 55.7 Å². The number of hydrogen-bond acceptors (Lipinski definition) is 5. The second-order valence-corrected chi connectivity index (χ2v) is 9.61. The van der Waals surface area contributed by atoms with Crippen molar-refractivity contribution in [3.63, 3.8) is 0 Å². The zero-order chi connectivity index (χ0) is 27.6. The molecule has 1 amide bonds. The number of anilines is 1. The molecule has 0 aliphatic carbocycles. The zero-order valence-corrected chi connectivity index (χ0v) is 21.9. The molecule has 6 heteroatoms. The molecule has 3 aromatic carbocycles. The van der Waals surface area contributed by atoms with E-state index in [1.54, 1.807) is 12.4 Å². The van der Waals surface area contributed by atoms with E-state index in [2.05, 4.69) is 15.3 Å². The average Bonchev–Trinajstić information content (AvgIpc) is 3.04. The van der Waals surface area contributed by atoms with Gasteiger partial charge < -0.3 is 5.32 Å². The van der Waals surface area contributed by atoms with Crippen LogP contribution in [-0.4, -0.2) is 25.8 Å². The van der Waals surface area contributed by atoms with Crippen LogP contribution in [0, 0.1) is 0 Å². The molecule has 0 radical (unpaired) electrons. The van der Waals surface area contributed by atoms with Crippen LogP contribution >= 0.6 is 0 Å². The third kappa shape index (κ3) is 4.79. The maximum atomic E-state index is 13.6. The molecule has 0 aliphatic heterocycles. The number of benzene rings is 3. The first-order valence-electron chi connectivity index (χ1n) is 13.3. The van der Waals surface area contributed by atoms with Gasteiger partial charge in [-0.2, -0.15) is 0 Å². The van der Waals surface area contributed by atoms with Gasteiger partial charge in [-0.25, -0.2) is 9.97 Å². The van der Waals surface area contributed by atoms with Gasteiger partial charge in [-0.05, 0) is 71.8 Å². The van der Waals surface area contributed by atoms with Gasteiger partial charge in [-0.15, -0.1) is 0 Å². The Morgan fingerprint density at radius 1 is 0.512 bits per heavy atom. The van der Waals surface area contributed by atoms with Crippen LogP contribution in [0.1, 0.15) is 10.4 Å². The van der Waals surface area contributed by atoms with Gasteiger partial charge in [0, 0.05) is 28.9 Å². The van der Waals surface area contributed by atoms with Crippen LogP contribution in [0.5, 0.6) is 0 Å². The predicted octanol–water partition coefficient (Wildman–Crippen LogP) is 7.83. The maximum absolute atomic E-state index is 13.6. The molecule has 1 N–H and O–H groups in total. The molecule has 0 aliphatic rings. The number of aromatic nitrogens is 4. The fraction of sp³-hybridized carbons (Fsp3) is 0. The highest BCUT2D eigenvalue weighted by molar-refractivity contribution is 6.20. The molecule has 0 unspecified atom stereocenters. The normalized spacial score (nSPS) is 11.0. The lowest BCUT2D eigenvalue weighted by Crippen LogP contribution is -2.13. The number of carbonyl (C=O) groups is 1. The minimum Gasteiger partial charge on any atom is -0.322 e. The zero-order valence-electron chi connectivity index (χ0n) is 21.9. The molecule has 0 saturated carbocycles. The van der Waals surface area contributed by atoms with E-state index >= 15 is 0 Å². The number of nitrogens with zero attached hydrogens (tertiary/aromatic N) is 4. The van der Waals surface area contributed by atoms with E-state index in [1.807, 2.05) is 121 Å². The molecule has 6 nitrogen and oxygen atoms in total. The Labute approximate surface area is 236 Å². The number of nitrogens with one attached hydrogen (secondary N) is 1. The molecule has 4 aromatic heterocycles. The Balaban J connectivity index is 1.24. The summed E-state index contributed by atoms with van der Waals surface area (Å²) >= 11 is 0. The first kappa shape index (κ1) is 24.3. The third-order valence-electron chi connectivity index (χ3n) is 6.97. The quantitative estimate of drug-likeness (QED) is 0.230. The second kappa shape index (κ2) is 10.4. The first-order chi connectivity index (χ1) is 20.2. The Morgan fingerprint density at radius 2 is 1.05 bits per heavy atom. The minimum absolute atomic E-state index is 0.175. The Morgan fingerprint density at radius 3 is 1.59 bits per heavy atom. The smallest absolute Gasteiger partial charge is 0.257 e. The molecule has 0 bridgehead atoms. The lowest BCUT2D eigenvalue weighted by molar-refractivity contribution is 0.103. The highest BCUT2D eigenvalue weighted by atomic mass is 16.1. The van der Waals surface area contributed by atoms with Gasteiger partial charge in [0.15, 0.2) is 0 Å². The molecule has 0 atom stereocenters. The second-order valence-electron chi connectivity index (χ2n) is 9.61. The molecule has 7 rings (SSSR count). The summed E-state index contributed by atoms with van der Waals surface area (Å²) in [5, 5.41) is 4.74. The van der Waals surface area contributed by atoms with E-state index in [9.17, 15) is 4.79 Å². The molecule has 41 heavy (non-hydrogen) atoms. The third-order valence-corrected chi connectivity index (χ3v) is 6.97. The summed E-state index contributed by atoms with van der Waals surface area (Å²) in [5.74, 6) is -0.175.